The first-order valence-corrected chi connectivity index (χ1v) is 7.78. The molecule has 1 atom stereocenters. The minimum atomic E-state index is -0.132. The summed E-state index contributed by atoms with van der Waals surface area (Å²) in [7, 11) is 0. The van der Waals surface area contributed by atoms with Crippen LogP contribution in [0.5, 0.6) is 0 Å². The molecule has 2 N–H and O–H groups in total. The zero-order valence-electron chi connectivity index (χ0n) is 11.0. The van der Waals surface area contributed by atoms with Crippen LogP contribution in [0.15, 0.2) is 5.38 Å². The van der Waals surface area contributed by atoms with Gasteiger partial charge in [0.15, 0.2) is 0 Å². The van der Waals surface area contributed by atoms with Gasteiger partial charge in [-0.25, -0.2) is 4.98 Å². The number of hydrogen-bond donors (Lipinski definition) is 1. The van der Waals surface area contributed by atoms with Crippen LogP contribution in [0.1, 0.15) is 75.4 Å². The molecule has 0 spiro atoms. The van der Waals surface area contributed by atoms with Crippen molar-refractivity contribution in [3.8, 4) is 0 Å². The Morgan fingerprint density at radius 3 is 2.59 bits per heavy atom. The lowest BCUT2D eigenvalue weighted by Gasteiger charge is -2.25. The topological polar surface area (TPSA) is 38.9 Å². The molecule has 1 heterocycles. The molecule has 1 saturated carbocycles. The van der Waals surface area contributed by atoms with Crippen molar-refractivity contribution >= 4 is 11.3 Å². The van der Waals surface area contributed by atoms with Gasteiger partial charge < -0.3 is 5.73 Å². The predicted octanol–water partition coefficient (Wildman–Crippen LogP) is 4.16. The molecule has 2 rings (SSSR count). The van der Waals surface area contributed by atoms with Crippen molar-refractivity contribution < 1.29 is 0 Å². The Balaban J connectivity index is 2.17. The van der Waals surface area contributed by atoms with Gasteiger partial charge in [-0.2, -0.15) is 0 Å². The van der Waals surface area contributed by atoms with Gasteiger partial charge in [0, 0.05) is 5.38 Å². The van der Waals surface area contributed by atoms with E-state index in [1.807, 2.05) is 0 Å². The maximum atomic E-state index is 6.58. The first-order valence-electron chi connectivity index (χ1n) is 6.90. The van der Waals surface area contributed by atoms with E-state index in [1.165, 1.54) is 36.4 Å². The number of nitrogens with zero attached hydrogens (tertiary/aromatic N) is 1. The van der Waals surface area contributed by atoms with Crippen LogP contribution in [0.25, 0.3) is 0 Å². The van der Waals surface area contributed by atoms with E-state index in [0.29, 0.717) is 5.92 Å². The van der Waals surface area contributed by atoms with E-state index in [1.54, 1.807) is 11.3 Å². The summed E-state index contributed by atoms with van der Waals surface area (Å²) in [5, 5.41) is 3.39. The maximum absolute atomic E-state index is 6.58. The van der Waals surface area contributed by atoms with Gasteiger partial charge in [0.25, 0.3) is 0 Å². The van der Waals surface area contributed by atoms with Crippen molar-refractivity contribution in [3.63, 3.8) is 0 Å². The zero-order chi connectivity index (χ0) is 12.3. The summed E-state index contributed by atoms with van der Waals surface area (Å²) in [5.74, 6) is 0.564. The number of aromatic nitrogens is 1. The fourth-order valence-corrected chi connectivity index (χ4v) is 3.64. The molecule has 3 heteroatoms. The second-order valence-electron chi connectivity index (χ2n) is 5.46. The quantitative estimate of drug-likeness (QED) is 0.820. The van der Waals surface area contributed by atoms with Gasteiger partial charge in [0.1, 0.15) is 5.01 Å². The normalized spacial score (nSPS) is 22.1. The third-order valence-electron chi connectivity index (χ3n) is 4.06. The lowest BCUT2D eigenvalue weighted by Crippen LogP contribution is -2.35. The Kier molecular flexibility index (Phi) is 4.21. The molecule has 1 aliphatic carbocycles. The van der Waals surface area contributed by atoms with E-state index < -0.39 is 0 Å². The minimum Gasteiger partial charge on any atom is -0.319 e. The molecule has 1 fully saturated rings. The average molecular weight is 252 g/mol. The number of thiazole rings is 1. The lowest BCUT2D eigenvalue weighted by molar-refractivity contribution is 0.382. The lowest BCUT2D eigenvalue weighted by atomic mass is 9.92. The van der Waals surface area contributed by atoms with Crippen molar-refractivity contribution in [3.05, 3.63) is 16.1 Å². The first kappa shape index (κ1) is 13.0. The number of nitrogens with two attached hydrogens (primary N) is 1. The number of hydrogen-bond acceptors (Lipinski definition) is 3. The van der Waals surface area contributed by atoms with Gasteiger partial charge in [-0.05, 0) is 25.2 Å². The Hall–Kier alpha value is -0.410. The molecule has 0 aliphatic heterocycles. The summed E-state index contributed by atoms with van der Waals surface area (Å²) in [4.78, 5) is 4.81. The Morgan fingerprint density at radius 1 is 1.35 bits per heavy atom. The van der Waals surface area contributed by atoms with Gasteiger partial charge in [0.05, 0.1) is 11.2 Å². The molecular formula is C14H24N2S. The van der Waals surface area contributed by atoms with Crippen molar-refractivity contribution in [1.82, 2.24) is 4.98 Å². The van der Waals surface area contributed by atoms with Crippen LogP contribution >= 0.6 is 11.3 Å². The van der Waals surface area contributed by atoms with Crippen LogP contribution in [0.4, 0.5) is 0 Å². The summed E-state index contributed by atoms with van der Waals surface area (Å²) >= 11 is 1.77. The van der Waals surface area contributed by atoms with E-state index >= 15 is 0 Å². The summed E-state index contributed by atoms with van der Waals surface area (Å²) in [6.45, 7) is 4.46. The molecule has 96 valence electrons. The van der Waals surface area contributed by atoms with E-state index in [-0.39, 0.29) is 5.54 Å². The summed E-state index contributed by atoms with van der Waals surface area (Å²) in [6.07, 6.45) is 8.57. The molecule has 0 aromatic carbocycles. The summed E-state index contributed by atoms with van der Waals surface area (Å²) in [6, 6.07) is 0. The second-order valence-corrected chi connectivity index (χ2v) is 6.32. The van der Waals surface area contributed by atoms with Gasteiger partial charge in [-0.15, -0.1) is 11.3 Å². The third-order valence-corrected chi connectivity index (χ3v) is 5.14. The van der Waals surface area contributed by atoms with Gasteiger partial charge in [-0.1, -0.05) is 39.5 Å². The van der Waals surface area contributed by atoms with E-state index in [2.05, 4.69) is 19.2 Å². The van der Waals surface area contributed by atoms with E-state index in [9.17, 15) is 0 Å². The second kappa shape index (κ2) is 5.49. The highest BCUT2D eigenvalue weighted by atomic mass is 32.1. The molecule has 1 unspecified atom stereocenters. The highest BCUT2D eigenvalue weighted by molar-refractivity contribution is 7.09. The Morgan fingerprint density at radius 2 is 2.00 bits per heavy atom. The highest BCUT2D eigenvalue weighted by Gasteiger charge is 2.31. The SMILES string of the molecule is CCC(C)c1csc(C2(N)CCCCCC2)n1. The van der Waals surface area contributed by atoms with Crippen LogP contribution in [-0.2, 0) is 5.54 Å². The summed E-state index contributed by atoms with van der Waals surface area (Å²) in [5.41, 5.74) is 7.69. The molecule has 0 bridgehead atoms. The van der Waals surface area contributed by atoms with Crippen molar-refractivity contribution in [2.75, 3.05) is 0 Å². The molecule has 0 saturated heterocycles. The monoisotopic (exact) mass is 252 g/mol. The highest BCUT2D eigenvalue weighted by Crippen LogP contribution is 2.36. The standard InChI is InChI=1S/C14H24N2S/c1-3-11(2)12-10-17-13(16-12)14(15)8-6-4-5-7-9-14/h10-11H,3-9,15H2,1-2H3. The first-order chi connectivity index (χ1) is 8.15. The Bertz CT molecular complexity index is 351. The average Bonchev–Trinajstić information content (AvgIpc) is 2.73. The van der Waals surface area contributed by atoms with Gasteiger partial charge >= 0.3 is 0 Å². The largest absolute Gasteiger partial charge is 0.319 e. The molecule has 1 aromatic heterocycles. The maximum Gasteiger partial charge on any atom is 0.113 e. The number of rotatable bonds is 3. The van der Waals surface area contributed by atoms with Crippen molar-refractivity contribution in [2.45, 2.75) is 70.3 Å². The van der Waals surface area contributed by atoms with E-state index in [4.69, 9.17) is 10.7 Å². The van der Waals surface area contributed by atoms with Gasteiger partial charge in [-0.3, -0.25) is 0 Å². The van der Waals surface area contributed by atoms with Crippen molar-refractivity contribution in [2.24, 2.45) is 5.73 Å². The van der Waals surface area contributed by atoms with Crippen molar-refractivity contribution in [1.29, 1.82) is 0 Å². The van der Waals surface area contributed by atoms with Crippen LogP contribution in [-0.4, -0.2) is 4.98 Å². The molecular weight excluding hydrogens is 228 g/mol. The third kappa shape index (κ3) is 2.89. The molecule has 17 heavy (non-hydrogen) atoms. The molecule has 0 radical (unpaired) electrons. The van der Waals surface area contributed by atoms with Crippen LogP contribution < -0.4 is 5.73 Å². The van der Waals surface area contributed by atoms with Crippen LogP contribution in [0, 0.1) is 0 Å². The molecule has 1 aliphatic rings. The molecule has 0 amide bonds. The molecule has 2 nitrogen and oxygen atoms in total. The fourth-order valence-electron chi connectivity index (χ4n) is 2.52. The minimum absolute atomic E-state index is 0.132. The van der Waals surface area contributed by atoms with E-state index in [0.717, 1.165) is 19.3 Å². The Labute approximate surface area is 109 Å². The smallest absolute Gasteiger partial charge is 0.113 e. The predicted molar refractivity (Wildman–Crippen MR) is 74.4 cm³/mol. The van der Waals surface area contributed by atoms with Crippen LogP contribution in [0.2, 0.25) is 0 Å². The van der Waals surface area contributed by atoms with Crippen LogP contribution in [0.3, 0.4) is 0 Å². The zero-order valence-corrected chi connectivity index (χ0v) is 11.9. The fraction of sp³-hybridized carbons (Fsp3) is 0.786. The molecule has 1 aromatic rings. The summed E-state index contributed by atoms with van der Waals surface area (Å²) < 4.78 is 0. The van der Waals surface area contributed by atoms with Gasteiger partial charge in [0.2, 0.25) is 0 Å².